The van der Waals surface area contributed by atoms with Gasteiger partial charge in [-0.05, 0) is 0 Å². The molecule has 0 bridgehead atoms. The number of methoxy groups -OCH3 is 1. The molecular weight excluding hydrogens is 138 g/mol. The van der Waals surface area contributed by atoms with Crippen LogP contribution in [0.1, 0.15) is 0 Å². The van der Waals surface area contributed by atoms with E-state index in [1.54, 1.807) is 7.11 Å². The summed E-state index contributed by atoms with van der Waals surface area (Å²) in [7, 11) is 1.68. The van der Waals surface area contributed by atoms with Crippen LogP contribution in [0.2, 0.25) is 0 Å². The van der Waals surface area contributed by atoms with E-state index in [9.17, 15) is 0 Å². The molecule has 0 aliphatic heterocycles. The van der Waals surface area contributed by atoms with E-state index in [0.29, 0.717) is 0 Å². The molecule has 0 aliphatic carbocycles. The number of halogens is 1. The zero-order valence-corrected chi connectivity index (χ0v) is 6.32. The summed E-state index contributed by atoms with van der Waals surface area (Å²) in [5.74, 6) is 0. The highest BCUT2D eigenvalue weighted by Gasteiger charge is 1.79. The van der Waals surface area contributed by atoms with E-state index in [4.69, 9.17) is 16.3 Å². The zero-order valence-electron chi connectivity index (χ0n) is 5.56. The van der Waals surface area contributed by atoms with Gasteiger partial charge in [-0.3, -0.25) is 0 Å². The van der Waals surface area contributed by atoms with Gasteiger partial charge < -0.3 is 10.1 Å². The Hall–Kier alpha value is -0.0500. The van der Waals surface area contributed by atoms with Crippen LogP contribution in [0.15, 0.2) is 11.6 Å². The third-order valence-corrected chi connectivity index (χ3v) is 1.01. The predicted molar refractivity (Wildman–Crippen MR) is 39.7 cm³/mol. The summed E-state index contributed by atoms with van der Waals surface area (Å²) in [5.41, 5.74) is 1.50. The van der Waals surface area contributed by atoms with E-state index < -0.39 is 0 Å². The normalized spacial score (nSPS) is 10.9. The van der Waals surface area contributed by atoms with Crippen molar-refractivity contribution in [3.05, 3.63) is 11.6 Å². The average molecular weight is 150 g/mol. The molecule has 0 amide bonds. The molecule has 0 atom stereocenters. The van der Waals surface area contributed by atoms with Gasteiger partial charge in [0.1, 0.15) is 0 Å². The third kappa shape index (κ3) is 7.95. The fraction of sp³-hybridized carbons (Fsp3) is 0.667. The standard InChI is InChI=1S/C6H12ClNO/c1-9-6-5-8-4-2-3-7/h2-3,8H,4-6H2,1H3. The second kappa shape index (κ2) is 7.95. The van der Waals surface area contributed by atoms with Crippen LogP contribution < -0.4 is 5.32 Å². The van der Waals surface area contributed by atoms with E-state index >= 15 is 0 Å². The Balaban J connectivity index is 2.75. The lowest BCUT2D eigenvalue weighted by molar-refractivity contribution is 0.200. The van der Waals surface area contributed by atoms with Crippen LogP contribution in [-0.2, 0) is 4.74 Å². The zero-order chi connectivity index (χ0) is 6.95. The fourth-order valence-electron chi connectivity index (χ4n) is 0.404. The van der Waals surface area contributed by atoms with Crippen LogP contribution in [0.5, 0.6) is 0 Å². The van der Waals surface area contributed by atoms with Gasteiger partial charge in [0.05, 0.1) is 6.61 Å². The Morgan fingerprint density at radius 3 is 3.00 bits per heavy atom. The minimum Gasteiger partial charge on any atom is -0.383 e. The summed E-state index contributed by atoms with van der Waals surface area (Å²) in [6.07, 6.45) is 1.84. The van der Waals surface area contributed by atoms with Crippen molar-refractivity contribution in [2.45, 2.75) is 0 Å². The SMILES string of the molecule is COCCNCC=CCl. The van der Waals surface area contributed by atoms with Crippen LogP contribution in [0.3, 0.4) is 0 Å². The molecule has 0 aromatic rings. The molecule has 0 aromatic carbocycles. The van der Waals surface area contributed by atoms with E-state index in [2.05, 4.69) is 5.32 Å². The highest BCUT2D eigenvalue weighted by atomic mass is 35.5. The Kier molecular flexibility index (Phi) is 7.91. The maximum absolute atomic E-state index is 5.26. The molecule has 0 rings (SSSR count). The maximum atomic E-state index is 5.26. The lowest BCUT2D eigenvalue weighted by Crippen LogP contribution is -2.18. The second-order valence-corrected chi connectivity index (χ2v) is 1.81. The van der Waals surface area contributed by atoms with Crippen molar-refractivity contribution in [2.24, 2.45) is 0 Å². The Morgan fingerprint density at radius 2 is 2.44 bits per heavy atom. The summed E-state index contributed by atoms with van der Waals surface area (Å²) in [4.78, 5) is 0. The van der Waals surface area contributed by atoms with E-state index in [1.807, 2.05) is 6.08 Å². The molecule has 0 saturated carbocycles. The van der Waals surface area contributed by atoms with E-state index in [1.165, 1.54) is 5.54 Å². The van der Waals surface area contributed by atoms with Crippen LogP contribution in [-0.4, -0.2) is 26.8 Å². The molecule has 0 fully saturated rings. The number of hydrogen-bond acceptors (Lipinski definition) is 2. The molecule has 0 aliphatic rings. The van der Waals surface area contributed by atoms with Crippen LogP contribution in [0.25, 0.3) is 0 Å². The monoisotopic (exact) mass is 149 g/mol. The van der Waals surface area contributed by atoms with Crippen molar-refractivity contribution >= 4 is 11.6 Å². The van der Waals surface area contributed by atoms with Crippen LogP contribution >= 0.6 is 11.6 Å². The Labute approximate surface area is 60.8 Å². The number of rotatable bonds is 5. The summed E-state index contributed by atoms with van der Waals surface area (Å²) < 4.78 is 4.80. The van der Waals surface area contributed by atoms with Crippen molar-refractivity contribution in [3.8, 4) is 0 Å². The number of ether oxygens (including phenoxy) is 1. The van der Waals surface area contributed by atoms with Gasteiger partial charge in [-0.2, -0.15) is 0 Å². The largest absolute Gasteiger partial charge is 0.383 e. The molecule has 54 valence electrons. The van der Waals surface area contributed by atoms with Crippen molar-refractivity contribution < 1.29 is 4.74 Å². The lowest BCUT2D eigenvalue weighted by atomic mass is 10.6. The summed E-state index contributed by atoms with van der Waals surface area (Å²) in [5, 5.41) is 3.09. The number of nitrogens with one attached hydrogen (secondary N) is 1. The summed E-state index contributed by atoms with van der Waals surface area (Å²) in [6.45, 7) is 2.43. The average Bonchev–Trinajstić information content (AvgIpc) is 1.89. The van der Waals surface area contributed by atoms with Gasteiger partial charge in [-0.1, -0.05) is 17.7 Å². The smallest absolute Gasteiger partial charge is 0.0587 e. The highest BCUT2D eigenvalue weighted by molar-refractivity contribution is 6.25. The first kappa shape index (κ1) is 8.95. The minimum atomic E-state index is 0.746. The van der Waals surface area contributed by atoms with Gasteiger partial charge in [0.25, 0.3) is 0 Å². The maximum Gasteiger partial charge on any atom is 0.0587 e. The number of hydrogen-bond donors (Lipinski definition) is 1. The van der Waals surface area contributed by atoms with Gasteiger partial charge in [0.2, 0.25) is 0 Å². The first-order valence-electron chi connectivity index (χ1n) is 2.86. The summed E-state index contributed by atoms with van der Waals surface area (Å²) in [6, 6.07) is 0. The second-order valence-electron chi connectivity index (χ2n) is 1.56. The molecule has 0 aromatic heterocycles. The van der Waals surface area contributed by atoms with Crippen LogP contribution in [0, 0.1) is 0 Å². The molecule has 0 heterocycles. The quantitative estimate of drug-likeness (QED) is 0.589. The summed E-state index contributed by atoms with van der Waals surface area (Å²) >= 11 is 5.26. The van der Waals surface area contributed by atoms with Crippen LogP contribution in [0.4, 0.5) is 0 Å². The molecule has 9 heavy (non-hydrogen) atoms. The Bertz CT molecular complexity index is 75.5. The van der Waals surface area contributed by atoms with Crippen molar-refractivity contribution in [3.63, 3.8) is 0 Å². The highest BCUT2D eigenvalue weighted by Crippen LogP contribution is 1.74. The molecule has 0 saturated heterocycles. The molecule has 0 radical (unpaired) electrons. The molecule has 1 N–H and O–H groups in total. The van der Waals surface area contributed by atoms with E-state index in [0.717, 1.165) is 19.7 Å². The van der Waals surface area contributed by atoms with Gasteiger partial charge in [-0.15, -0.1) is 0 Å². The first-order chi connectivity index (χ1) is 4.41. The van der Waals surface area contributed by atoms with Gasteiger partial charge in [-0.25, -0.2) is 0 Å². The third-order valence-electron chi connectivity index (χ3n) is 0.834. The van der Waals surface area contributed by atoms with Crippen molar-refractivity contribution in [2.75, 3.05) is 26.8 Å². The Morgan fingerprint density at radius 1 is 1.67 bits per heavy atom. The molecule has 0 spiro atoms. The van der Waals surface area contributed by atoms with Gasteiger partial charge in [0, 0.05) is 25.7 Å². The van der Waals surface area contributed by atoms with Crippen molar-refractivity contribution in [1.82, 2.24) is 5.32 Å². The minimum absolute atomic E-state index is 0.746. The van der Waals surface area contributed by atoms with Crippen molar-refractivity contribution in [1.29, 1.82) is 0 Å². The first-order valence-corrected chi connectivity index (χ1v) is 3.30. The molecule has 2 nitrogen and oxygen atoms in total. The topological polar surface area (TPSA) is 21.3 Å². The predicted octanol–water partition coefficient (Wildman–Crippen LogP) is 0.975. The molecule has 3 heteroatoms. The van der Waals surface area contributed by atoms with Gasteiger partial charge in [0.15, 0.2) is 0 Å². The van der Waals surface area contributed by atoms with E-state index in [-0.39, 0.29) is 0 Å². The lowest BCUT2D eigenvalue weighted by Gasteiger charge is -1.97. The fourth-order valence-corrected chi connectivity index (χ4v) is 0.493. The molecule has 0 unspecified atom stereocenters. The molecular formula is C6H12ClNO. The van der Waals surface area contributed by atoms with Gasteiger partial charge >= 0.3 is 0 Å².